The van der Waals surface area contributed by atoms with Crippen molar-refractivity contribution < 1.29 is 0 Å². The molecule has 6 fully saturated rings. The van der Waals surface area contributed by atoms with Crippen LogP contribution in [0.15, 0.2) is 0 Å². The molecular formula is C35H59B. The second kappa shape index (κ2) is 11.7. The van der Waals surface area contributed by atoms with Gasteiger partial charge in [-0.15, -0.1) is 0 Å². The summed E-state index contributed by atoms with van der Waals surface area (Å²) in [4.78, 5) is 0. The molecule has 0 nitrogen and oxygen atoms in total. The molecule has 12 unspecified atom stereocenters. The fourth-order valence-electron chi connectivity index (χ4n) is 12.7. The van der Waals surface area contributed by atoms with Gasteiger partial charge in [-0.1, -0.05) is 110 Å². The van der Waals surface area contributed by atoms with Crippen LogP contribution in [0.3, 0.4) is 0 Å². The standard InChI is InChI=1S/C35H59B/c1-23(36)21-22-27-24(2)34(30-19-9-13-25-11-3-5-15-28(25)30)32-17-7-8-18-33(32)35(27)31-20-10-14-26-12-4-6-16-29(26)31/h23-35H,3-22H2,1-2H3/t23?,24?,25?,26?,27-,28?,29?,30?,31?,32?,33?,34?,35?/m1/s1. The Morgan fingerprint density at radius 3 is 1.47 bits per heavy atom. The zero-order valence-electron chi connectivity index (χ0n) is 24.2. The lowest BCUT2D eigenvalue weighted by molar-refractivity contribution is -0.126. The van der Waals surface area contributed by atoms with E-state index in [1.165, 1.54) is 44.9 Å². The van der Waals surface area contributed by atoms with Gasteiger partial charge in [0.25, 0.3) is 0 Å². The SMILES string of the molecule is [B]C(C)CC[C@@H]1C(C)C(C2CCCC3CCCCC32)C2CCCCC2C1C1CCCC2CCCCC21. The van der Waals surface area contributed by atoms with Gasteiger partial charge in [-0.3, -0.25) is 0 Å². The minimum atomic E-state index is 0.381. The molecule has 0 amide bonds. The van der Waals surface area contributed by atoms with E-state index in [0.29, 0.717) is 5.82 Å². The Hall–Kier alpha value is 0.0649. The van der Waals surface area contributed by atoms with Crippen LogP contribution in [0.4, 0.5) is 0 Å². The maximum Gasteiger partial charge on any atom is 0.0695 e. The van der Waals surface area contributed by atoms with Crippen LogP contribution in [-0.2, 0) is 0 Å². The average molecular weight is 491 g/mol. The topological polar surface area (TPSA) is 0 Å². The van der Waals surface area contributed by atoms with Crippen LogP contribution in [0.25, 0.3) is 0 Å². The maximum atomic E-state index is 6.48. The minimum Gasteiger partial charge on any atom is -0.0802 e. The number of fused-ring (bicyclic) bond motifs is 3. The van der Waals surface area contributed by atoms with Crippen LogP contribution in [0.1, 0.15) is 142 Å². The third-order valence-electron chi connectivity index (χ3n) is 13.8. The molecule has 1 heteroatoms. The van der Waals surface area contributed by atoms with E-state index < -0.39 is 0 Å². The van der Waals surface area contributed by atoms with Gasteiger partial charge in [-0.2, -0.15) is 0 Å². The second-order valence-corrected chi connectivity index (χ2v) is 15.5. The van der Waals surface area contributed by atoms with Crippen molar-refractivity contribution in [3.63, 3.8) is 0 Å². The third-order valence-corrected chi connectivity index (χ3v) is 13.8. The number of hydrogen-bond acceptors (Lipinski definition) is 0. The molecule has 6 aliphatic rings. The largest absolute Gasteiger partial charge is 0.0802 e. The van der Waals surface area contributed by atoms with Crippen molar-refractivity contribution in [2.75, 3.05) is 0 Å². The smallest absolute Gasteiger partial charge is 0.0695 e. The van der Waals surface area contributed by atoms with Crippen LogP contribution in [0.5, 0.6) is 0 Å². The molecule has 0 aliphatic heterocycles. The highest BCUT2D eigenvalue weighted by atomic mass is 14.6. The third kappa shape index (κ3) is 5.03. The summed E-state index contributed by atoms with van der Waals surface area (Å²) in [5, 5.41) is 0. The zero-order valence-corrected chi connectivity index (χ0v) is 24.2. The summed E-state index contributed by atoms with van der Waals surface area (Å²) in [5.74, 6) is 13.0. The van der Waals surface area contributed by atoms with Gasteiger partial charge in [0.1, 0.15) is 0 Å². The van der Waals surface area contributed by atoms with Crippen LogP contribution in [0, 0.1) is 71.0 Å². The van der Waals surface area contributed by atoms with Gasteiger partial charge in [0.2, 0.25) is 0 Å². The van der Waals surface area contributed by atoms with Crippen LogP contribution in [0.2, 0.25) is 5.82 Å². The Morgan fingerprint density at radius 2 is 0.917 bits per heavy atom. The van der Waals surface area contributed by atoms with Gasteiger partial charge in [-0.25, -0.2) is 0 Å². The first-order valence-electron chi connectivity index (χ1n) is 17.4. The predicted molar refractivity (Wildman–Crippen MR) is 155 cm³/mol. The number of rotatable bonds is 5. The highest BCUT2D eigenvalue weighted by molar-refractivity contribution is 6.11. The van der Waals surface area contributed by atoms with E-state index in [0.717, 1.165) is 71.0 Å². The predicted octanol–water partition coefficient (Wildman–Crippen LogP) is 10.3. The molecule has 0 aromatic rings. The fourth-order valence-corrected chi connectivity index (χ4v) is 12.7. The highest BCUT2D eigenvalue weighted by Crippen LogP contribution is 2.63. The van der Waals surface area contributed by atoms with Crippen molar-refractivity contribution in [1.82, 2.24) is 0 Å². The minimum absolute atomic E-state index is 0.381. The summed E-state index contributed by atoms with van der Waals surface area (Å²) in [7, 11) is 6.48. The Labute approximate surface area is 226 Å². The van der Waals surface area contributed by atoms with Crippen molar-refractivity contribution in [2.24, 2.45) is 71.0 Å². The van der Waals surface area contributed by atoms with Gasteiger partial charge in [-0.05, 0) is 110 Å². The van der Waals surface area contributed by atoms with Gasteiger partial charge >= 0.3 is 0 Å². The Kier molecular flexibility index (Phi) is 8.52. The van der Waals surface area contributed by atoms with E-state index in [-0.39, 0.29) is 0 Å². The normalized spacial score (nSPS) is 50.4. The molecule has 13 atom stereocenters. The summed E-state index contributed by atoms with van der Waals surface area (Å²) < 4.78 is 0. The first-order valence-corrected chi connectivity index (χ1v) is 17.4. The van der Waals surface area contributed by atoms with E-state index in [9.17, 15) is 0 Å². The highest BCUT2D eigenvalue weighted by Gasteiger charge is 2.56. The van der Waals surface area contributed by atoms with Crippen LogP contribution in [-0.4, -0.2) is 7.85 Å². The summed E-state index contributed by atoms with van der Waals surface area (Å²) in [6, 6.07) is 0. The molecule has 6 aliphatic carbocycles. The van der Waals surface area contributed by atoms with E-state index in [1.807, 2.05) is 0 Å². The van der Waals surface area contributed by atoms with E-state index in [1.54, 1.807) is 83.5 Å². The van der Waals surface area contributed by atoms with Crippen molar-refractivity contribution in [3.8, 4) is 0 Å². The lowest BCUT2D eigenvalue weighted by atomic mass is 9.44. The molecule has 2 radical (unpaired) electrons. The van der Waals surface area contributed by atoms with E-state index >= 15 is 0 Å². The quantitative estimate of drug-likeness (QED) is 0.336. The molecule has 6 rings (SSSR count). The van der Waals surface area contributed by atoms with Crippen molar-refractivity contribution in [2.45, 2.75) is 148 Å². The first-order chi connectivity index (χ1) is 17.6. The zero-order chi connectivity index (χ0) is 24.6. The molecule has 0 aromatic heterocycles. The monoisotopic (exact) mass is 490 g/mol. The second-order valence-electron chi connectivity index (χ2n) is 15.5. The van der Waals surface area contributed by atoms with Crippen LogP contribution < -0.4 is 0 Å². The van der Waals surface area contributed by atoms with Gasteiger partial charge in [0, 0.05) is 0 Å². The molecule has 0 saturated heterocycles. The summed E-state index contributed by atoms with van der Waals surface area (Å²) in [6.07, 6.45) is 30.8. The Balaban J connectivity index is 1.34. The van der Waals surface area contributed by atoms with Gasteiger partial charge in [0.15, 0.2) is 0 Å². The Morgan fingerprint density at radius 1 is 0.528 bits per heavy atom. The summed E-state index contributed by atoms with van der Waals surface area (Å²) in [5.41, 5.74) is 0. The lowest BCUT2D eigenvalue weighted by Crippen LogP contribution is -2.55. The summed E-state index contributed by atoms with van der Waals surface area (Å²) in [6.45, 7) is 5.09. The Bertz CT molecular complexity index is 695. The number of hydrogen-bond donors (Lipinski definition) is 0. The van der Waals surface area contributed by atoms with Crippen molar-refractivity contribution in [3.05, 3.63) is 0 Å². The van der Waals surface area contributed by atoms with Crippen molar-refractivity contribution >= 4 is 7.85 Å². The van der Waals surface area contributed by atoms with E-state index in [4.69, 9.17) is 7.85 Å². The lowest BCUT2D eigenvalue weighted by Gasteiger charge is -2.61. The molecular weight excluding hydrogens is 431 g/mol. The van der Waals surface area contributed by atoms with Crippen LogP contribution >= 0.6 is 0 Å². The molecule has 202 valence electrons. The molecule has 0 aromatic carbocycles. The van der Waals surface area contributed by atoms with E-state index in [2.05, 4.69) is 13.8 Å². The summed E-state index contributed by atoms with van der Waals surface area (Å²) >= 11 is 0. The molecule has 6 saturated carbocycles. The fraction of sp³-hybridized carbons (Fsp3) is 1.00. The molecule has 36 heavy (non-hydrogen) atoms. The van der Waals surface area contributed by atoms with Gasteiger partial charge in [0.05, 0.1) is 7.85 Å². The van der Waals surface area contributed by atoms with Crippen molar-refractivity contribution in [1.29, 1.82) is 0 Å². The molecule has 0 N–H and O–H groups in total. The van der Waals surface area contributed by atoms with Gasteiger partial charge < -0.3 is 0 Å². The first kappa shape index (κ1) is 26.3. The average Bonchev–Trinajstić information content (AvgIpc) is 2.91. The maximum absolute atomic E-state index is 6.48. The molecule has 0 spiro atoms. The molecule has 0 bridgehead atoms. The molecule has 0 heterocycles.